The minimum Gasteiger partial charge on any atom is -0.357 e. The van der Waals surface area contributed by atoms with Crippen LogP contribution in [0.25, 0.3) is 11.0 Å². The average Bonchev–Trinajstić information content (AvgIpc) is 2.70. The molecule has 2 aromatic heterocycles. The number of fused-ring (bicyclic) bond motifs is 1. The van der Waals surface area contributed by atoms with Crippen LogP contribution in [-0.2, 0) is 0 Å². The minimum absolute atomic E-state index is 0.329. The van der Waals surface area contributed by atoms with Crippen LogP contribution < -0.4 is 9.80 Å². The van der Waals surface area contributed by atoms with Crippen molar-refractivity contribution in [3.63, 3.8) is 0 Å². The molecule has 0 N–H and O–H groups in total. The molecule has 1 aliphatic rings. The highest BCUT2D eigenvalue weighted by atomic mass is 19.1. The second-order valence-electron chi connectivity index (χ2n) is 7.53. The summed E-state index contributed by atoms with van der Waals surface area (Å²) in [5.41, 5.74) is 3.21. The lowest BCUT2D eigenvalue weighted by Gasteiger charge is -2.35. The van der Waals surface area contributed by atoms with Gasteiger partial charge < -0.3 is 9.80 Å². The highest BCUT2D eigenvalue weighted by Gasteiger charge is 2.24. The Morgan fingerprint density at radius 3 is 2.43 bits per heavy atom. The van der Waals surface area contributed by atoms with Gasteiger partial charge in [0.2, 0.25) is 0 Å². The highest BCUT2D eigenvalue weighted by Crippen LogP contribution is 2.27. The zero-order valence-electron chi connectivity index (χ0n) is 16.6. The van der Waals surface area contributed by atoms with Gasteiger partial charge in [0, 0.05) is 26.7 Å². The van der Waals surface area contributed by atoms with Gasteiger partial charge in [0.1, 0.15) is 6.33 Å². The Balaban J connectivity index is 1.42. The number of aromatic nitrogens is 4. The predicted molar refractivity (Wildman–Crippen MR) is 109 cm³/mol. The van der Waals surface area contributed by atoms with Crippen molar-refractivity contribution < 1.29 is 4.39 Å². The number of rotatable bonds is 4. The normalized spacial score (nSPS) is 15.2. The van der Waals surface area contributed by atoms with E-state index in [1.54, 1.807) is 6.92 Å². The van der Waals surface area contributed by atoms with E-state index in [1.165, 1.54) is 6.33 Å². The van der Waals surface area contributed by atoms with Crippen molar-refractivity contribution in [2.45, 2.75) is 26.7 Å². The first-order chi connectivity index (χ1) is 13.5. The molecule has 3 aromatic rings. The molecule has 0 amide bonds. The van der Waals surface area contributed by atoms with Gasteiger partial charge in [-0.1, -0.05) is 12.1 Å². The van der Waals surface area contributed by atoms with Crippen LogP contribution in [0.1, 0.15) is 24.2 Å². The van der Waals surface area contributed by atoms with E-state index in [-0.39, 0.29) is 5.82 Å². The number of nitrogens with zero attached hydrogens (tertiary/aromatic N) is 6. The Morgan fingerprint density at radius 1 is 1.04 bits per heavy atom. The molecule has 3 heterocycles. The van der Waals surface area contributed by atoms with Crippen LogP contribution in [0.3, 0.4) is 0 Å². The van der Waals surface area contributed by atoms with Crippen LogP contribution in [0, 0.1) is 25.6 Å². The zero-order chi connectivity index (χ0) is 19.7. The van der Waals surface area contributed by atoms with Crippen LogP contribution >= 0.6 is 0 Å². The van der Waals surface area contributed by atoms with E-state index >= 15 is 0 Å². The quantitative estimate of drug-likeness (QED) is 0.690. The molecule has 0 aliphatic carbocycles. The lowest BCUT2D eigenvalue weighted by atomic mass is 9.96. The molecule has 0 spiro atoms. The minimum atomic E-state index is -0.329. The van der Waals surface area contributed by atoms with Gasteiger partial charge in [0.15, 0.2) is 17.5 Å². The summed E-state index contributed by atoms with van der Waals surface area (Å²) in [6.45, 7) is 6.33. The largest absolute Gasteiger partial charge is 0.357 e. The maximum absolute atomic E-state index is 14.3. The zero-order valence-corrected chi connectivity index (χ0v) is 16.6. The Morgan fingerprint density at radius 2 is 1.71 bits per heavy atom. The smallest absolute Gasteiger partial charge is 0.186 e. The fourth-order valence-corrected chi connectivity index (χ4v) is 3.89. The average molecular weight is 380 g/mol. The van der Waals surface area contributed by atoms with Crippen molar-refractivity contribution in [1.29, 1.82) is 0 Å². The summed E-state index contributed by atoms with van der Waals surface area (Å²) in [7, 11) is 1.90. The standard InChI is InChI=1S/C21H25FN6/c1-14-19(22)21(24-13-23-14)27(3)12-16-8-10-28(11-9-16)20-15(2)25-17-6-4-5-7-18(17)26-20/h4-7,13,16H,8-12H2,1-3H3. The third-order valence-corrected chi connectivity index (χ3v) is 5.47. The van der Waals surface area contributed by atoms with Gasteiger partial charge in [-0.25, -0.2) is 24.3 Å². The number of benzene rings is 1. The second-order valence-corrected chi connectivity index (χ2v) is 7.53. The summed E-state index contributed by atoms with van der Waals surface area (Å²) in [5, 5.41) is 0. The Bertz CT molecular complexity index is 984. The van der Waals surface area contributed by atoms with E-state index in [1.807, 2.05) is 43.1 Å². The molecule has 6 nitrogen and oxygen atoms in total. The summed E-state index contributed by atoms with van der Waals surface area (Å²) in [5.74, 6) is 1.52. The lowest BCUT2D eigenvalue weighted by molar-refractivity contribution is 0.404. The molecule has 146 valence electrons. The fourth-order valence-electron chi connectivity index (χ4n) is 3.89. The van der Waals surface area contributed by atoms with Gasteiger partial charge in [0.05, 0.1) is 22.4 Å². The van der Waals surface area contributed by atoms with Crippen LogP contribution in [0.4, 0.5) is 16.0 Å². The fraction of sp³-hybridized carbons (Fsp3) is 0.429. The number of halogens is 1. The molecule has 28 heavy (non-hydrogen) atoms. The van der Waals surface area contributed by atoms with E-state index in [9.17, 15) is 4.39 Å². The van der Waals surface area contributed by atoms with Gasteiger partial charge in [-0.2, -0.15) is 0 Å². The first kappa shape index (κ1) is 18.5. The maximum atomic E-state index is 14.3. The Kier molecular flexibility index (Phi) is 5.07. The van der Waals surface area contributed by atoms with Crippen LogP contribution in [0.5, 0.6) is 0 Å². The topological polar surface area (TPSA) is 58.0 Å². The van der Waals surface area contributed by atoms with Gasteiger partial charge in [0.25, 0.3) is 0 Å². The first-order valence-corrected chi connectivity index (χ1v) is 9.69. The number of para-hydroxylation sites is 2. The van der Waals surface area contributed by atoms with E-state index in [2.05, 4.69) is 14.9 Å². The molecule has 0 radical (unpaired) electrons. The molecule has 0 bridgehead atoms. The van der Waals surface area contributed by atoms with Crippen molar-refractivity contribution in [3.05, 3.63) is 47.8 Å². The van der Waals surface area contributed by atoms with Crippen molar-refractivity contribution in [2.24, 2.45) is 5.92 Å². The van der Waals surface area contributed by atoms with E-state index < -0.39 is 0 Å². The highest BCUT2D eigenvalue weighted by molar-refractivity contribution is 5.76. The Labute approximate surface area is 164 Å². The lowest BCUT2D eigenvalue weighted by Crippen LogP contribution is -2.39. The van der Waals surface area contributed by atoms with E-state index in [0.717, 1.165) is 55.0 Å². The summed E-state index contributed by atoms with van der Waals surface area (Å²) in [4.78, 5) is 21.8. The molecule has 4 rings (SSSR count). The molecule has 7 heteroatoms. The third kappa shape index (κ3) is 3.61. The van der Waals surface area contributed by atoms with Crippen molar-refractivity contribution in [1.82, 2.24) is 19.9 Å². The maximum Gasteiger partial charge on any atom is 0.186 e. The summed E-state index contributed by atoms with van der Waals surface area (Å²) in [6, 6.07) is 7.98. The number of piperidine rings is 1. The van der Waals surface area contributed by atoms with Gasteiger partial charge in [-0.05, 0) is 44.7 Å². The summed E-state index contributed by atoms with van der Waals surface area (Å²) < 4.78 is 14.3. The summed E-state index contributed by atoms with van der Waals surface area (Å²) >= 11 is 0. The van der Waals surface area contributed by atoms with Gasteiger partial charge in [-0.3, -0.25) is 0 Å². The number of anilines is 2. The molecule has 0 unspecified atom stereocenters. The summed E-state index contributed by atoms with van der Waals surface area (Å²) in [6.07, 6.45) is 3.49. The number of hydrogen-bond donors (Lipinski definition) is 0. The van der Waals surface area contributed by atoms with Crippen molar-refractivity contribution >= 4 is 22.7 Å². The molecule has 0 saturated carbocycles. The third-order valence-electron chi connectivity index (χ3n) is 5.47. The first-order valence-electron chi connectivity index (χ1n) is 9.69. The SMILES string of the molecule is Cc1nc2ccccc2nc1N1CCC(CN(C)c2ncnc(C)c2F)CC1. The van der Waals surface area contributed by atoms with E-state index in [0.29, 0.717) is 17.4 Å². The Hall–Kier alpha value is -2.83. The molecular formula is C21H25FN6. The van der Waals surface area contributed by atoms with Gasteiger partial charge in [-0.15, -0.1) is 0 Å². The van der Waals surface area contributed by atoms with Crippen molar-refractivity contribution in [3.8, 4) is 0 Å². The van der Waals surface area contributed by atoms with E-state index in [4.69, 9.17) is 9.97 Å². The second kappa shape index (κ2) is 7.66. The molecule has 0 atom stereocenters. The predicted octanol–water partition coefficient (Wildman–Crippen LogP) is 3.53. The number of hydrogen-bond acceptors (Lipinski definition) is 6. The van der Waals surface area contributed by atoms with Gasteiger partial charge >= 0.3 is 0 Å². The van der Waals surface area contributed by atoms with Crippen molar-refractivity contribution in [2.75, 3.05) is 36.5 Å². The number of aryl methyl sites for hydroxylation is 2. The molecular weight excluding hydrogens is 355 g/mol. The molecule has 1 aromatic carbocycles. The molecule has 1 saturated heterocycles. The molecule has 1 aliphatic heterocycles. The van der Waals surface area contributed by atoms with Crippen LogP contribution in [0.15, 0.2) is 30.6 Å². The van der Waals surface area contributed by atoms with Crippen LogP contribution in [0.2, 0.25) is 0 Å². The monoisotopic (exact) mass is 380 g/mol. The van der Waals surface area contributed by atoms with Crippen LogP contribution in [-0.4, -0.2) is 46.6 Å². The molecule has 1 fully saturated rings.